The average molecular weight is 631 g/mol. The van der Waals surface area contributed by atoms with Crippen LogP contribution in [0.1, 0.15) is 36.2 Å². The van der Waals surface area contributed by atoms with Gasteiger partial charge in [0.2, 0.25) is 0 Å². The molecule has 0 amide bonds. The van der Waals surface area contributed by atoms with Crippen molar-refractivity contribution in [3.05, 3.63) is 163 Å². The molecule has 8 aromatic rings. The van der Waals surface area contributed by atoms with E-state index in [1.54, 1.807) is 0 Å². The van der Waals surface area contributed by atoms with E-state index in [-0.39, 0.29) is 0 Å². The number of hydrogen-bond donors (Lipinski definition) is 1. The lowest BCUT2D eigenvalue weighted by atomic mass is 10.00. The molecule has 5 aromatic carbocycles. The minimum atomic E-state index is 0.804. The number of nitrogens with two attached hydrogens (primary N) is 1. The summed E-state index contributed by atoms with van der Waals surface area (Å²) in [7, 11) is 0. The Balaban J connectivity index is 1.25. The second-order valence-electron chi connectivity index (χ2n) is 12.5. The molecule has 0 spiro atoms. The molecular weight excluding hydrogens is 597 g/mol. The average Bonchev–Trinajstić information content (AvgIpc) is 3.74. The van der Waals surface area contributed by atoms with Gasteiger partial charge in [-0.3, -0.25) is 4.57 Å². The number of para-hydroxylation sites is 2. The lowest BCUT2D eigenvalue weighted by Crippen LogP contribution is -2.00. The van der Waals surface area contributed by atoms with Crippen LogP contribution in [0.3, 0.4) is 0 Å². The zero-order valence-electron chi connectivity index (χ0n) is 27.5. The van der Waals surface area contributed by atoms with Gasteiger partial charge in [0, 0.05) is 66.8 Å². The molecule has 1 aliphatic rings. The van der Waals surface area contributed by atoms with E-state index in [1.807, 2.05) is 25.3 Å². The number of rotatable bonds is 6. The van der Waals surface area contributed by atoms with Crippen molar-refractivity contribution in [2.24, 2.45) is 5.73 Å². The molecule has 0 fully saturated rings. The minimum absolute atomic E-state index is 0.804. The van der Waals surface area contributed by atoms with Crippen LogP contribution in [0.15, 0.2) is 140 Å². The van der Waals surface area contributed by atoms with Crippen molar-refractivity contribution in [3.63, 3.8) is 0 Å². The smallest absolute Gasteiger partial charge is 0.145 e. The molecule has 2 N–H and O–H groups in total. The van der Waals surface area contributed by atoms with Gasteiger partial charge in [-0.05, 0) is 73.5 Å². The van der Waals surface area contributed by atoms with Crippen LogP contribution in [0.4, 0.5) is 0 Å². The zero-order chi connectivity index (χ0) is 33.2. The van der Waals surface area contributed by atoms with E-state index in [0.717, 1.165) is 72.5 Å². The third-order valence-corrected chi connectivity index (χ3v) is 9.90. The van der Waals surface area contributed by atoms with Crippen molar-refractivity contribution in [1.29, 1.82) is 0 Å². The first-order valence-corrected chi connectivity index (χ1v) is 16.7. The maximum Gasteiger partial charge on any atom is 0.145 e. The van der Waals surface area contributed by atoms with Crippen molar-refractivity contribution >= 4 is 66.9 Å². The second kappa shape index (κ2) is 11.1. The Hall–Kier alpha value is -6.39. The summed E-state index contributed by atoms with van der Waals surface area (Å²) in [6, 6.07) is 39.1. The highest BCUT2D eigenvalue weighted by atomic mass is 15.1. The van der Waals surface area contributed by atoms with Crippen molar-refractivity contribution in [2.45, 2.75) is 13.8 Å². The highest BCUT2D eigenvalue weighted by Gasteiger charge is 2.25. The quantitative estimate of drug-likeness (QED) is 0.199. The van der Waals surface area contributed by atoms with Gasteiger partial charge in [-0.15, -0.1) is 0 Å². The number of hydrogen-bond acceptors (Lipinski definition) is 2. The molecule has 0 aliphatic heterocycles. The van der Waals surface area contributed by atoms with E-state index in [1.165, 1.54) is 27.3 Å². The molecule has 0 atom stereocenters. The van der Waals surface area contributed by atoms with Gasteiger partial charge in [-0.1, -0.05) is 97.6 Å². The molecule has 0 radical (unpaired) electrons. The van der Waals surface area contributed by atoms with Gasteiger partial charge < -0.3 is 10.3 Å². The molecule has 1 aliphatic carbocycles. The van der Waals surface area contributed by atoms with Crippen LogP contribution in [0.2, 0.25) is 0 Å². The molecule has 0 unspecified atom stereocenters. The number of pyridine rings is 1. The Morgan fingerprint density at radius 1 is 0.633 bits per heavy atom. The van der Waals surface area contributed by atoms with E-state index in [2.05, 4.69) is 150 Å². The molecule has 9 rings (SSSR count). The Labute approximate surface area is 285 Å². The molecule has 4 nitrogen and oxygen atoms in total. The van der Waals surface area contributed by atoms with Gasteiger partial charge in [-0.2, -0.15) is 0 Å². The summed E-state index contributed by atoms with van der Waals surface area (Å²) in [5.74, 6) is 0.908. The number of allylic oxidation sites excluding steroid dienone is 4. The molecule has 4 heteroatoms. The molecule has 49 heavy (non-hydrogen) atoms. The highest BCUT2D eigenvalue weighted by Crippen LogP contribution is 2.44. The molecule has 3 heterocycles. The number of benzene rings is 5. The van der Waals surface area contributed by atoms with E-state index < -0.39 is 0 Å². The maximum atomic E-state index is 6.68. The first kappa shape index (κ1) is 28.8. The maximum absolute atomic E-state index is 6.68. The fourth-order valence-electron chi connectivity index (χ4n) is 7.83. The SMILES string of the molecule is C=Cc1c(/C=C\C)c2cc(-c3ccc4c(c3)c3ccccc3n4-c3ncc4c5c(cccc35)C(N)=C4/C=C\C)ccc2n1-c1ccccc1. The fraction of sp³-hybridized carbons (Fsp3) is 0.0444. The van der Waals surface area contributed by atoms with Gasteiger partial charge in [0.05, 0.1) is 22.2 Å². The van der Waals surface area contributed by atoms with Crippen molar-refractivity contribution < 1.29 is 0 Å². The Kier molecular flexibility index (Phi) is 6.53. The largest absolute Gasteiger partial charge is 0.398 e. The molecule has 3 aromatic heterocycles. The molecule has 0 saturated heterocycles. The molecular formula is C45H34N4. The fourth-order valence-corrected chi connectivity index (χ4v) is 7.83. The highest BCUT2D eigenvalue weighted by molar-refractivity contribution is 6.18. The van der Waals surface area contributed by atoms with E-state index in [0.29, 0.717) is 0 Å². The number of nitrogens with zero attached hydrogens (tertiary/aromatic N) is 3. The molecule has 234 valence electrons. The Bertz CT molecular complexity index is 2750. The van der Waals surface area contributed by atoms with Crippen LogP contribution < -0.4 is 5.73 Å². The summed E-state index contributed by atoms with van der Waals surface area (Å²) >= 11 is 0. The monoisotopic (exact) mass is 630 g/mol. The first-order valence-electron chi connectivity index (χ1n) is 16.7. The van der Waals surface area contributed by atoms with Crippen molar-refractivity contribution in [1.82, 2.24) is 14.1 Å². The van der Waals surface area contributed by atoms with E-state index in [4.69, 9.17) is 10.7 Å². The van der Waals surface area contributed by atoms with Crippen LogP contribution in [0.25, 0.3) is 89.5 Å². The normalized spacial score (nSPS) is 13.0. The van der Waals surface area contributed by atoms with E-state index >= 15 is 0 Å². The van der Waals surface area contributed by atoms with Crippen LogP contribution >= 0.6 is 0 Å². The zero-order valence-corrected chi connectivity index (χ0v) is 27.5. The van der Waals surface area contributed by atoms with Gasteiger partial charge in [0.1, 0.15) is 5.82 Å². The topological polar surface area (TPSA) is 48.8 Å². The summed E-state index contributed by atoms with van der Waals surface area (Å²) in [5.41, 5.74) is 19.8. The summed E-state index contributed by atoms with van der Waals surface area (Å²) in [4.78, 5) is 5.13. The third kappa shape index (κ3) is 4.14. The predicted molar refractivity (Wildman–Crippen MR) is 209 cm³/mol. The van der Waals surface area contributed by atoms with Crippen LogP contribution in [-0.2, 0) is 0 Å². The lowest BCUT2D eigenvalue weighted by molar-refractivity contribution is 1.10. The number of fused-ring (bicyclic) bond motifs is 4. The standard InChI is InChI=1S/C45H34N4/c1-4-13-31-36-25-28(21-23-41(36)48(39(31)6-3)30-15-8-7-9-16-30)29-22-24-42-37(26-29)32-17-10-11-20-40(32)49(42)45-35-19-12-18-34-43(35)38(27-47-45)33(14-5-2)44(34)46/h4-27H,3,46H2,1-2H3/b13-4-,14-5-. The summed E-state index contributed by atoms with van der Waals surface area (Å²) < 4.78 is 4.61. The summed E-state index contributed by atoms with van der Waals surface area (Å²) in [6.45, 7) is 8.29. The third-order valence-electron chi connectivity index (χ3n) is 9.90. The van der Waals surface area contributed by atoms with Gasteiger partial charge >= 0.3 is 0 Å². The molecule has 0 saturated carbocycles. The van der Waals surface area contributed by atoms with Crippen LogP contribution in [0, 0.1) is 0 Å². The first-order chi connectivity index (χ1) is 24.1. The van der Waals surface area contributed by atoms with E-state index in [9.17, 15) is 0 Å². The Morgan fingerprint density at radius 2 is 1.31 bits per heavy atom. The van der Waals surface area contributed by atoms with Crippen molar-refractivity contribution in [2.75, 3.05) is 0 Å². The molecule has 0 bridgehead atoms. The predicted octanol–water partition coefficient (Wildman–Crippen LogP) is 11.3. The number of aromatic nitrogens is 3. The Morgan fingerprint density at radius 3 is 2.06 bits per heavy atom. The van der Waals surface area contributed by atoms with Gasteiger partial charge in [0.25, 0.3) is 0 Å². The lowest BCUT2D eigenvalue weighted by Gasteiger charge is -2.12. The minimum Gasteiger partial charge on any atom is -0.398 e. The second-order valence-corrected chi connectivity index (χ2v) is 12.5. The summed E-state index contributed by atoms with van der Waals surface area (Å²) in [5, 5.41) is 5.82. The van der Waals surface area contributed by atoms with Crippen LogP contribution in [0.5, 0.6) is 0 Å². The van der Waals surface area contributed by atoms with Crippen LogP contribution in [-0.4, -0.2) is 14.1 Å². The van der Waals surface area contributed by atoms with Crippen molar-refractivity contribution in [3.8, 4) is 22.6 Å². The van der Waals surface area contributed by atoms with Gasteiger partial charge in [-0.25, -0.2) is 4.98 Å². The summed E-state index contributed by atoms with van der Waals surface area (Å²) in [6.07, 6.45) is 12.4. The van der Waals surface area contributed by atoms with Gasteiger partial charge in [0.15, 0.2) is 0 Å².